The van der Waals surface area contributed by atoms with Crippen LogP contribution in [0.25, 0.3) is 0 Å². The molecule has 0 bridgehead atoms. The van der Waals surface area contributed by atoms with Gasteiger partial charge in [0, 0.05) is 69.1 Å². The van der Waals surface area contributed by atoms with Gasteiger partial charge in [0.05, 0.1) is 12.7 Å². The Labute approximate surface area is 139 Å². The van der Waals surface area contributed by atoms with Gasteiger partial charge in [0.15, 0.2) is 0 Å². The van der Waals surface area contributed by atoms with E-state index in [9.17, 15) is 8.78 Å². The molecule has 0 saturated heterocycles. The summed E-state index contributed by atoms with van der Waals surface area (Å²) >= 11 is 0. The first-order valence-corrected chi connectivity index (χ1v) is 7.78. The molecule has 0 unspecified atom stereocenters. The molecule has 2 heterocycles. The molecule has 0 amide bonds. The minimum atomic E-state index is -0.556. The summed E-state index contributed by atoms with van der Waals surface area (Å²) in [5.74, 6) is -1.06. The summed E-state index contributed by atoms with van der Waals surface area (Å²) in [4.78, 5) is 10.2. The molecule has 0 saturated carbocycles. The third-order valence-electron chi connectivity index (χ3n) is 3.88. The van der Waals surface area contributed by atoms with Crippen LogP contribution in [0.3, 0.4) is 0 Å². The summed E-state index contributed by atoms with van der Waals surface area (Å²) in [5, 5.41) is 0. The van der Waals surface area contributed by atoms with Gasteiger partial charge in [-0.1, -0.05) is 6.07 Å². The van der Waals surface area contributed by atoms with E-state index in [1.54, 1.807) is 25.0 Å². The second-order valence-electron chi connectivity index (χ2n) is 5.61. The monoisotopic (exact) mass is 331 g/mol. The van der Waals surface area contributed by atoms with Gasteiger partial charge in [-0.15, -0.1) is 0 Å². The fraction of sp³-hybridized carbons (Fsp3) is 0.294. The molecule has 0 aliphatic rings. The minimum absolute atomic E-state index is 0.426. The van der Waals surface area contributed by atoms with Gasteiger partial charge < -0.3 is 9.13 Å². The molecule has 7 heteroatoms. The number of hydrogen-bond donors (Lipinski definition) is 0. The topological polar surface area (TPSA) is 38.9 Å². The second-order valence-corrected chi connectivity index (χ2v) is 5.61. The van der Waals surface area contributed by atoms with E-state index in [-0.39, 0.29) is 0 Å². The van der Waals surface area contributed by atoms with Crippen molar-refractivity contribution in [1.82, 2.24) is 24.0 Å². The first kappa shape index (κ1) is 16.3. The lowest BCUT2D eigenvalue weighted by Crippen LogP contribution is -2.30. The maximum Gasteiger partial charge on any atom is 0.130 e. The Morgan fingerprint density at radius 2 is 1.54 bits per heavy atom. The average molecular weight is 331 g/mol. The van der Waals surface area contributed by atoms with E-state index in [1.165, 1.54) is 12.1 Å². The van der Waals surface area contributed by atoms with E-state index in [2.05, 4.69) is 14.9 Å². The zero-order chi connectivity index (χ0) is 16.8. The fourth-order valence-electron chi connectivity index (χ4n) is 2.51. The maximum atomic E-state index is 13.9. The number of nitrogens with zero attached hydrogens (tertiary/aromatic N) is 5. The normalized spacial score (nSPS) is 11.3. The summed E-state index contributed by atoms with van der Waals surface area (Å²) < 4.78 is 31.0. The molecule has 0 spiro atoms. The van der Waals surface area contributed by atoms with Crippen molar-refractivity contribution in [2.45, 2.75) is 19.6 Å². The summed E-state index contributed by atoms with van der Waals surface area (Å²) in [5.41, 5.74) is 0.493. The third kappa shape index (κ3) is 4.48. The molecule has 3 rings (SSSR count). The summed E-state index contributed by atoms with van der Waals surface area (Å²) in [6.45, 7) is 3.42. The summed E-state index contributed by atoms with van der Waals surface area (Å²) in [6.07, 6.45) is 10.8. The zero-order valence-electron chi connectivity index (χ0n) is 13.2. The highest BCUT2D eigenvalue weighted by Crippen LogP contribution is 2.12. The lowest BCUT2D eigenvalue weighted by molar-refractivity contribution is 0.241. The minimum Gasteiger partial charge on any atom is -0.336 e. The van der Waals surface area contributed by atoms with Gasteiger partial charge >= 0.3 is 0 Å². The highest BCUT2D eigenvalue weighted by atomic mass is 19.1. The molecule has 2 aromatic heterocycles. The van der Waals surface area contributed by atoms with Crippen molar-refractivity contribution in [1.29, 1.82) is 0 Å². The van der Waals surface area contributed by atoms with E-state index in [4.69, 9.17) is 0 Å². The Morgan fingerprint density at radius 1 is 0.917 bits per heavy atom. The van der Waals surface area contributed by atoms with E-state index < -0.39 is 11.6 Å². The standard InChI is InChI=1S/C17H19F2N5/c18-16-2-1-15(17(19)11-16)12-22(7-9-23-5-3-20-13-23)8-10-24-6-4-21-14-24/h1-6,11,13-14H,7-10,12H2. The van der Waals surface area contributed by atoms with Crippen molar-refractivity contribution in [3.63, 3.8) is 0 Å². The van der Waals surface area contributed by atoms with Crippen molar-refractivity contribution >= 4 is 0 Å². The van der Waals surface area contributed by atoms with E-state index >= 15 is 0 Å². The highest BCUT2D eigenvalue weighted by molar-refractivity contribution is 5.18. The zero-order valence-corrected chi connectivity index (χ0v) is 13.2. The smallest absolute Gasteiger partial charge is 0.130 e. The van der Waals surface area contributed by atoms with E-state index in [0.717, 1.165) is 32.2 Å². The number of hydrogen-bond acceptors (Lipinski definition) is 3. The molecule has 3 aromatic rings. The second kappa shape index (κ2) is 7.83. The molecule has 24 heavy (non-hydrogen) atoms. The Bertz CT molecular complexity index is 702. The average Bonchev–Trinajstić information content (AvgIpc) is 3.26. The van der Waals surface area contributed by atoms with Crippen LogP contribution in [0.5, 0.6) is 0 Å². The van der Waals surface area contributed by atoms with Crippen molar-refractivity contribution in [3.8, 4) is 0 Å². The Kier molecular flexibility index (Phi) is 5.32. The lowest BCUT2D eigenvalue weighted by atomic mass is 10.2. The predicted molar refractivity (Wildman–Crippen MR) is 86.1 cm³/mol. The van der Waals surface area contributed by atoms with E-state index in [1.807, 2.05) is 21.5 Å². The van der Waals surface area contributed by atoms with Gasteiger partial charge in [0.25, 0.3) is 0 Å². The van der Waals surface area contributed by atoms with Crippen LogP contribution in [0.4, 0.5) is 8.78 Å². The maximum absolute atomic E-state index is 13.9. The molecule has 0 fully saturated rings. The van der Waals surface area contributed by atoms with Crippen LogP contribution in [0, 0.1) is 11.6 Å². The fourth-order valence-corrected chi connectivity index (χ4v) is 2.51. The van der Waals surface area contributed by atoms with Gasteiger partial charge in [0.2, 0.25) is 0 Å². The number of aromatic nitrogens is 4. The predicted octanol–water partition coefficient (Wildman–Crippen LogP) is 2.56. The Hall–Kier alpha value is -2.54. The molecule has 0 radical (unpaired) electrons. The molecule has 0 aliphatic heterocycles. The Morgan fingerprint density at radius 3 is 2.04 bits per heavy atom. The molecule has 0 N–H and O–H groups in total. The van der Waals surface area contributed by atoms with E-state index in [0.29, 0.717) is 12.1 Å². The molecular weight excluding hydrogens is 312 g/mol. The third-order valence-corrected chi connectivity index (χ3v) is 3.88. The van der Waals surface area contributed by atoms with Crippen LogP contribution in [-0.4, -0.2) is 37.1 Å². The molecule has 0 aliphatic carbocycles. The highest BCUT2D eigenvalue weighted by Gasteiger charge is 2.11. The van der Waals surface area contributed by atoms with Crippen LogP contribution >= 0.6 is 0 Å². The first-order valence-electron chi connectivity index (χ1n) is 7.78. The largest absolute Gasteiger partial charge is 0.336 e. The van der Waals surface area contributed by atoms with Crippen LogP contribution in [0.2, 0.25) is 0 Å². The first-order chi connectivity index (χ1) is 11.7. The quantitative estimate of drug-likeness (QED) is 0.637. The SMILES string of the molecule is Fc1ccc(CN(CCn2ccnc2)CCn2ccnc2)c(F)c1. The van der Waals surface area contributed by atoms with Crippen LogP contribution in [0.1, 0.15) is 5.56 Å². The molecule has 126 valence electrons. The van der Waals surface area contributed by atoms with Crippen LogP contribution in [0.15, 0.2) is 55.6 Å². The number of benzene rings is 1. The summed E-state index contributed by atoms with van der Waals surface area (Å²) in [7, 11) is 0. The molecule has 1 aromatic carbocycles. The van der Waals surface area contributed by atoms with Crippen molar-refractivity contribution < 1.29 is 8.78 Å². The van der Waals surface area contributed by atoms with Crippen molar-refractivity contribution in [2.75, 3.05) is 13.1 Å². The molecule has 5 nitrogen and oxygen atoms in total. The Balaban J connectivity index is 1.65. The van der Waals surface area contributed by atoms with Crippen molar-refractivity contribution in [2.24, 2.45) is 0 Å². The van der Waals surface area contributed by atoms with Gasteiger partial charge in [0.1, 0.15) is 11.6 Å². The number of halogens is 2. The number of rotatable bonds is 8. The summed E-state index contributed by atoms with van der Waals surface area (Å²) in [6, 6.07) is 3.73. The van der Waals surface area contributed by atoms with Gasteiger partial charge in [-0.25, -0.2) is 18.7 Å². The van der Waals surface area contributed by atoms with Gasteiger partial charge in [-0.05, 0) is 6.07 Å². The number of imidazole rings is 2. The molecular formula is C17H19F2N5. The molecule has 0 atom stereocenters. The van der Waals surface area contributed by atoms with Crippen LogP contribution in [-0.2, 0) is 19.6 Å². The van der Waals surface area contributed by atoms with Crippen LogP contribution < -0.4 is 0 Å². The van der Waals surface area contributed by atoms with Crippen molar-refractivity contribution in [3.05, 3.63) is 72.8 Å². The van der Waals surface area contributed by atoms with Gasteiger partial charge in [-0.3, -0.25) is 4.90 Å². The lowest BCUT2D eigenvalue weighted by Gasteiger charge is -2.23. The van der Waals surface area contributed by atoms with Gasteiger partial charge in [-0.2, -0.15) is 0 Å².